The van der Waals surface area contributed by atoms with Crippen LogP contribution in [0.5, 0.6) is 0 Å². The fourth-order valence-electron chi connectivity index (χ4n) is 1.88. The Morgan fingerprint density at radius 1 is 1.29 bits per heavy atom. The maximum absolute atomic E-state index is 13.7. The second-order valence-electron chi connectivity index (χ2n) is 3.90. The van der Waals surface area contributed by atoms with E-state index < -0.39 is 0 Å². The lowest BCUT2D eigenvalue weighted by molar-refractivity contribution is 0.618. The number of hydrogen-bond acceptors (Lipinski definition) is 2. The van der Waals surface area contributed by atoms with Crippen molar-refractivity contribution in [3.05, 3.63) is 33.4 Å². The molecule has 0 fully saturated rings. The molecule has 2 aromatic rings. The van der Waals surface area contributed by atoms with Gasteiger partial charge in [0.2, 0.25) is 5.28 Å². The lowest BCUT2D eigenvalue weighted by atomic mass is 10.0. The predicted molar refractivity (Wildman–Crippen MR) is 68.2 cm³/mol. The van der Waals surface area contributed by atoms with Crippen molar-refractivity contribution >= 4 is 34.1 Å². The molecule has 0 saturated carbocycles. The van der Waals surface area contributed by atoms with Crippen molar-refractivity contribution in [2.75, 3.05) is 0 Å². The van der Waals surface area contributed by atoms with Gasteiger partial charge in [-0.3, -0.25) is 0 Å². The van der Waals surface area contributed by atoms with Gasteiger partial charge in [-0.25, -0.2) is 14.4 Å². The van der Waals surface area contributed by atoms with Crippen LogP contribution in [-0.4, -0.2) is 9.97 Å². The number of aromatic nitrogens is 2. The maximum atomic E-state index is 13.7. The molecule has 0 bridgehead atoms. The fourth-order valence-corrected chi connectivity index (χ4v) is 2.38. The fraction of sp³-hybridized carbons (Fsp3) is 0.333. The van der Waals surface area contributed by atoms with Gasteiger partial charge >= 0.3 is 0 Å². The maximum Gasteiger partial charge on any atom is 0.224 e. The van der Waals surface area contributed by atoms with E-state index in [1.165, 1.54) is 6.07 Å². The normalized spacial score (nSPS) is 11.1. The molecule has 0 aliphatic heterocycles. The van der Waals surface area contributed by atoms with Crippen molar-refractivity contribution in [1.82, 2.24) is 9.97 Å². The number of fused-ring (bicyclic) bond motifs is 1. The Balaban J connectivity index is 2.88. The highest BCUT2D eigenvalue weighted by Crippen LogP contribution is 2.30. The van der Waals surface area contributed by atoms with Crippen LogP contribution in [0, 0.1) is 12.7 Å². The summed E-state index contributed by atoms with van der Waals surface area (Å²) in [6, 6.07) is 1.50. The molecule has 0 aliphatic carbocycles. The smallest absolute Gasteiger partial charge is 0.217 e. The summed E-state index contributed by atoms with van der Waals surface area (Å²) in [5.74, 6) is -0.285. The average molecular weight is 273 g/mol. The van der Waals surface area contributed by atoms with E-state index in [2.05, 4.69) is 9.97 Å². The molecule has 0 unspecified atom stereocenters. The standard InChI is InChI=1S/C12H11Cl2FN2/c1-3-4-7-5-8(15)6(2)10-9(7)11(13)17-12(14)16-10/h5H,3-4H2,1-2H3. The summed E-state index contributed by atoms with van der Waals surface area (Å²) >= 11 is 11.8. The van der Waals surface area contributed by atoms with Crippen molar-refractivity contribution in [3.8, 4) is 0 Å². The summed E-state index contributed by atoms with van der Waals surface area (Å²) < 4.78 is 13.7. The van der Waals surface area contributed by atoms with Gasteiger partial charge < -0.3 is 0 Å². The molecule has 0 amide bonds. The molecule has 0 saturated heterocycles. The van der Waals surface area contributed by atoms with E-state index in [1.807, 2.05) is 6.92 Å². The van der Waals surface area contributed by atoms with Crippen molar-refractivity contribution in [1.29, 1.82) is 0 Å². The van der Waals surface area contributed by atoms with E-state index in [1.54, 1.807) is 6.92 Å². The monoisotopic (exact) mass is 272 g/mol. The summed E-state index contributed by atoms with van der Waals surface area (Å²) in [6.45, 7) is 3.68. The molecule has 5 heteroatoms. The lowest BCUT2D eigenvalue weighted by Crippen LogP contribution is -1.98. The van der Waals surface area contributed by atoms with Crippen LogP contribution in [0.4, 0.5) is 4.39 Å². The van der Waals surface area contributed by atoms with Crippen LogP contribution in [0.2, 0.25) is 10.4 Å². The first-order valence-corrected chi connectivity index (χ1v) is 6.11. The van der Waals surface area contributed by atoms with Crippen molar-refractivity contribution in [3.63, 3.8) is 0 Å². The molecule has 1 aromatic carbocycles. The minimum Gasteiger partial charge on any atom is -0.217 e. The van der Waals surface area contributed by atoms with Crippen LogP contribution < -0.4 is 0 Å². The Hall–Kier alpha value is -0.930. The van der Waals surface area contributed by atoms with E-state index in [4.69, 9.17) is 23.2 Å². The first-order chi connectivity index (χ1) is 8.04. The number of halogens is 3. The number of benzene rings is 1. The van der Waals surface area contributed by atoms with Gasteiger partial charge in [0, 0.05) is 10.9 Å². The van der Waals surface area contributed by atoms with E-state index in [-0.39, 0.29) is 16.3 Å². The third-order valence-electron chi connectivity index (χ3n) is 2.69. The molecular weight excluding hydrogens is 262 g/mol. The largest absolute Gasteiger partial charge is 0.224 e. The summed E-state index contributed by atoms with van der Waals surface area (Å²) in [5, 5.41) is 1.03. The Bertz CT molecular complexity index is 584. The van der Waals surface area contributed by atoms with Crippen LogP contribution in [0.15, 0.2) is 6.07 Å². The quantitative estimate of drug-likeness (QED) is 0.601. The van der Waals surface area contributed by atoms with Gasteiger partial charge in [-0.1, -0.05) is 24.9 Å². The highest BCUT2D eigenvalue weighted by molar-refractivity contribution is 6.36. The van der Waals surface area contributed by atoms with Gasteiger partial charge in [-0.05, 0) is 36.6 Å². The molecule has 0 radical (unpaired) electrons. The Kier molecular flexibility index (Phi) is 3.50. The van der Waals surface area contributed by atoms with E-state index in [0.717, 1.165) is 18.4 Å². The molecule has 0 N–H and O–H groups in total. The molecule has 1 aromatic heterocycles. The summed E-state index contributed by atoms with van der Waals surface area (Å²) in [4.78, 5) is 7.98. The topological polar surface area (TPSA) is 25.8 Å². The van der Waals surface area contributed by atoms with Crippen LogP contribution >= 0.6 is 23.2 Å². The number of aryl methyl sites for hydroxylation is 2. The van der Waals surface area contributed by atoms with Crippen molar-refractivity contribution in [2.45, 2.75) is 26.7 Å². The third-order valence-corrected chi connectivity index (χ3v) is 3.13. The highest BCUT2D eigenvalue weighted by atomic mass is 35.5. The third kappa shape index (κ3) is 2.22. The van der Waals surface area contributed by atoms with Gasteiger partial charge in [-0.15, -0.1) is 0 Å². The van der Waals surface area contributed by atoms with Gasteiger partial charge in [-0.2, -0.15) is 0 Å². The Morgan fingerprint density at radius 2 is 2.00 bits per heavy atom. The van der Waals surface area contributed by atoms with Crippen LogP contribution in [0.25, 0.3) is 10.9 Å². The molecule has 90 valence electrons. The highest BCUT2D eigenvalue weighted by Gasteiger charge is 2.14. The first-order valence-electron chi connectivity index (χ1n) is 5.35. The Labute approximate surface area is 109 Å². The molecule has 1 heterocycles. The average Bonchev–Trinajstić information content (AvgIpc) is 2.25. The zero-order valence-electron chi connectivity index (χ0n) is 9.52. The Morgan fingerprint density at radius 3 is 2.65 bits per heavy atom. The summed E-state index contributed by atoms with van der Waals surface area (Å²) in [7, 11) is 0. The molecule has 0 aliphatic rings. The zero-order valence-corrected chi connectivity index (χ0v) is 11.0. The minimum atomic E-state index is -0.285. The number of hydrogen-bond donors (Lipinski definition) is 0. The van der Waals surface area contributed by atoms with E-state index in [9.17, 15) is 4.39 Å². The second kappa shape index (κ2) is 4.75. The molecule has 2 nitrogen and oxygen atoms in total. The molecule has 0 atom stereocenters. The van der Waals surface area contributed by atoms with Crippen molar-refractivity contribution in [2.24, 2.45) is 0 Å². The number of rotatable bonds is 2. The number of nitrogens with zero attached hydrogens (tertiary/aromatic N) is 2. The summed E-state index contributed by atoms with van der Waals surface area (Å²) in [6.07, 6.45) is 1.63. The van der Waals surface area contributed by atoms with E-state index >= 15 is 0 Å². The van der Waals surface area contributed by atoms with Gasteiger partial charge in [0.1, 0.15) is 11.0 Å². The van der Waals surface area contributed by atoms with Crippen LogP contribution in [0.3, 0.4) is 0 Å². The second-order valence-corrected chi connectivity index (χ2v) is 4.60. The molecule has 17 heavy (non-hydrogen) atoms. The van der Waals surface area contributed by atoms with Gasteiger partial charge in [0.05, 0.1) is 5.52 Å². The SMILES string of the molecule is CCCc1cc(F)c(C)c2nc(Cl)nc(Cl)c12. The van der Waals surface area contributed by atoms with Gasteiger partial charge in [0.15, 0.2) is 0 Å². The van der Waals surface area contributed by atoms with Crippen molar-refractivity contribution < 1.29 is 4.39 Å². The van der Waals surface area contributed by atoms with E-state index in [0.29, 0.717) is 16.5 Å². The van der Waals surface area contributed by atoms with Crippen LogP contribution in [0.1, 0.15) is 24.5 Å². The first kappa shape index (κ1) is 12.5. The molecule has 2 rings (SSSR count). The zero-order chi connectivity index (χ0) is 12.6. The summed E-state index contributed by atoms with van der Waals surface area (Å²) in [5.41, 5.74) is 1.77. The van der Waals surface area contributed by atoms with Crippen LogP contribution in [-0.2, 0) is 6.42 Å². The molecular formula is C12H11Cl2FN2. The lowest BCUT2D eigenvalue weighted by Gasteiger charge is -2.10. The predicted octanol–water partition coefficient (Wildman–Crippen LogP) is 4.34. The van der Waals surface area contributed by atoms with Gasteiger partial charge in [0.25, 0.3) is 0 Å². The minimum absolute atomic E-state index is 0.0404. The molecule has 0 spiro atoms.